The Kier molecular flexibility index (Phi) is 5.01. The summed E-state index contributed by atoms with van der Waals surface area (Å²) >= 11 is 0. The zero-order chi connectivity index (χ0) is 20.5. The van der Waals surface area contributed by atoms with E-state index in [9.17, 15) is 34.7 Å². The van der Waals surface area contributed by atoms with Crippen molar-refractivity contribution < 1.29 is 34.2 Å². The number of H-pyrrole nitrogens is 1. The van der Waals surface area contributed by atoms with Gasteiger partial charge in [-0.25, -0.2) is 9.59 Å². The molecule has 1 aromatic heterocycles. The van der Waals surface area contributed by atoms with Crippen molar-refractivity contribution in [2.75, 3.05) is 20.0 Å². The molecule has 27 heavy (non-hydrogen) atoms. The predicted octanol–water partition coefficient (Wildman–Crippen LogP) is 0.946. The molecule has 0 aliphatic carbocycles. The van der Waals surface area contributed by atoms with Crippen molar-refractivity contribution in [1.82, 2.24) is 4.98 Å². The Labute approximate surface area is 149 Å². The summed E-state index contributed by atoms with van der Waals surface area (Å²) < 4.78 is 9.96. The van der Waals surface area contributed by atoms with Crippen LogP contribution in [0.1, 0.15) is 20.7 Å². The number of benzene rings is 1. The Hall–Kier alpha value is -4.09. The van der Waals surface area contributed by atoms with Crippen molar-refractivity contribution in [3.63, 3.8) is 0 Å². The minimum absolute atomic E-state index is 0.229. The third-order valence-corrected chi connectivity index (χ3v) is 3.64. The van der Waals surface area contributed by atoms with Crippen LogP contribution >= 0.6 is 0 Å². The quantitative estimate of drug-likeness (QED) is 0.414. The highest BCUT2D eigenvalue weighted by Crippen LogP contribution is 2.42. The standard InChI is InChI=1S/C15H13N3O9/c1-26-7-4-6(18(24)25)8(27-2)3-5(7)9-10(14(20)21)12(16)17-13(19)11(9)15(22)23/h3-4H,1-2H3,(H,20,21)(H,22,23)(H3,16,17,19). The zero-order valence-electron chi connectivity index (χ0n) is 13.9. The fourth-order valence-corrected chi connectivity index (χ4v) is 2.54. The maximum Gasteiger partial charge on any atom is 0.342 e. The van der Waals surface area contributed by atoms with Crippen molar-refractivity contribution in [2.24, 2.45) is 0 Å². The summed E-state index contributed by atoms with van der Waals surface area (Å²) in [6, 6.07) is 1.92. The maximum atomic E-state index is 12.1. The number of nitrogens with one attached hydrogen (secondary N) is 1. The molecule has 0 radical (unpaired) electrons. The first-order valence-electron chi connectivity index (χ1n) is 7.07. The Morgan fingerprint density at radius 3 is 2.11 bits per heavy atom. The van der Waals surface area contributed by atoms with E-state index >= 15 is 0 Å². The molecule has 0 saturated heterocycles. The molecule has 0 atom stereocenters. The van der Waals surface area contributed by atoms with Gasteiger partial charge >= 0.3 is 17.6 Å². The number of aromatic nitrogens is 1. The summed E-state index contributed by atoms with van der Waals surface area (Å²) in [6.45, 7) is 0. The molecule has 2 rings (SSSR count). The molecular formula is C15H13N3O9. The van der Waals surface area contributed by atoms with Gasteiger partial charge in [-0.3, -0.25) is 14.9 Å². The number of anilines is 1. The van der Waals surface area contributed by atoms with Gasteiger partial charge in [0.2, 0.25) is 0 Å². The first-order chi connectivity index (χ1) is 12.6. The van der Waals surface area contributed by atoms with Crippen LogP contribution in [0.3, 0.4) is 0 Å². The number of hydrogen-bond donors (Lipinski definition) is 4. The molecule has 0 unspecified atom stereocenters. The number of rotatable bonds is 6. The number of nitro benzene ring substituents is 1. The highest BCUT2D eigenvalue weighted by molar-refractivity contribution is 6.08. The van der Waals surface area contributed by atoms with Crippen LogP contribution in [0.2, 0.25) is 0 Å². The fraction of sp³-hybridized carbons (Fsp3) is 0.133. The lowest BCUT2D eigenvalue weighted by Crippen LogP contribution is -2.24. The number of aromatic carboxylic acids is 2. The Morgan fingerprint density at radius 1 is 1.11 bits per heavy atom. The van der Waals surface area contributed by atoms with Gasteiger partial charge < -0.3 is 30.4 Å². The third-order valence-electron chi connectivity index (χ3n) is 3.64. The van der Waals surface area contributed by atoms with E-state index in [1.165, 1.54) is 0 Å². The number of hydrogen-bond acceptors (Lipinski definition) is 8. The van der Waals surface area contributed by atoms with Gasteiger partial charge in [-0.05, 0) is 6.07 Å². The minimum Gasteiger partial charge on any atom is -0.496 e. The van der Waals surface area contributed by atoms with Gasteiger partial charge in [0.05, 0.1) is 25.2 Å². The summed E-state index contributed by atoms with van der Waals surface area (Å²) in [5.74, 6) is -4.50. The Balaban J connectivity index is 3.09. The second kappa shape index (κ2) is 7.03. The second-order valence-corrected chi connectivity index (χ2v) is 5.08. The van der Waals surface area contributed by atoms with Crippen molar-refractivity contribution in [1.29, 1.82) is 0 Å². The lowest BCUT2D eigenvalue weighted by molar-refractivity contribution is -0.385. The highest BCUT2D eigenvalue weighted by Gasteiger charge is 2.30. The van der Waals surface area contributed by atoms with E-state index in [4.69, 9.17) is 15.2 Å². The van der Waals surface area contributed by atoms with Crippen molar-refractivity contribution in [2.45, 2.75) is 0 Å². The topological polar surface area (TPSA) is 195 Å². The zero-order valence-corrected chi connectivity index (χ0v) is 13.9. The molecule has 0 aliphatic heterocycles. The van der Waals surface area contributed by atoms with Crippen molar-refractivity contribution >= 4 is 23.4 Å². The molecule has 12 nitrogen and oxygen atoms in total. The van der Waals surface area contributed by atoms with Crippen LogP contribution in [0.5, 0.6) is 11.5 Å². The monoisotopic (exact) mass is 379 g/mol. The number of carbonyl (C=O) groups is 2. The number of carboxylic acids is 2. The van der Waals surface area contributed by atoms with E-state index in [0.717, 1.165) is 26.4 Å². The number of nitro groups is 1. The summed E-state index contributed by atoms with van der Waals surface area (Å²) in [4.78, 5) is 47.7. The summed E-state index contributed by atoms with van der Waals surface area (Å²) in [7, 11) is 2.26. The van der Waals surface area contributed by atoms with Gasteiger partial charge in [0, 0.05) is 11.1 Å². The van der Waals surface area contributed by atoms with Gasteiger partial charge in [-0.2, -0.15) is 0 Å². The molecule has 0 spiro atoms. The van der Waals surface area contributed by atoms with Gasteiger partial charge in [-0.15, -0.1) is 0 Å². The van der Waals surface area contributed by atoms with Gasteiger partial charge in [0.1, 0.15) is 22.7 Å². The Morgan fingerprint density at radius 2 is 1.67 bits per heavy atom. The summed E-state index contributed by atoms with van der Waals surface area (Å²) in [6.07, 6.45) is 0. The maximum absolute atomic E-state index is 12.1. The number of aromatic amines is 1. The van der Waals surface area contributed by atoms with E-state index in [0.29, 0.717) is 0 Å². The second-order valence-electron chi connectivity index (χ2n) is 5.08. The van der Waals surface area contributed by atoms with Crippen LogP contribution in [-0.4, -0.2) is 46.3 Å². The Bertz CT molecular complexity index is 1030. The normalized spacial score (nSPS) is 10.3. The third kappa shape index (κ3) is 3.22. The van der Waals surface area contributed by atoms with E-state index < -0.39 is 50.6 Å². The molecular weight excluding hydrogens is 366 g/mol. The molecule has 0 aliphatic rings. The van der Waals surface area contributed by atoms with E-state index in [-0.39, 0.29) is 17.1 Å². The number of nitrogens with two attached hydrogens (primary N) is 1. The fourth-order valence-electron chi connectivity index (χ4n) is 2.54. The smallest absolute Gasteiger partial charge is 0.342 e. The van der Waals surface area contributed by atoms with Gasteiger partial charge in [-0.1, -0.05) is 0 Å². The van der Waals surface area contributed by atoms with Crippen LogP contribution < -0.4 is 20.8 Å². The van der Waals surface area contributed by atoms with Crippen LogP contribution in [-0.2, 0) is 0 Å². The molecule has 12 heteroatoms. The predicted molar refractivity (Wildman–Crippen MR) is 90.6 cm³/mol. The lowest BCUT2D eigenvalue weighted by atomic mass is 9.94. The molecule has 1 heterocycles. The van der Waals surface area contributed by atoms with Crippen LogP contribution in [0.25, 0.3) is 11.1 Å². The van der Waals surface area contributed by atoms with Gasteiger partial charge in [0.15, 0.2) is 5.75 Å². The largest absolute Gasteiger partial charge is 0.496 e. The molecule has 1 aromatic carbocycles. The first kappa shape index (κ1) is 19.2. The lowest BCUT2D eigenvalue weighted by Gasteiger charge is -2.16. The average molecular weight is 379 g/mol. The summed E-state index contributed by atoms with van der Waals surface area (Å²) in [5, 5.41) is 30.0. The van der Waals surface area contributed by atoms with Crippen molar-refractivity contribution in [3.8, 4) is 22.6 Å². The number of carboxylic acid groups (broad SMARTS) is 2. The van der Waals surface area contributed by atoms with Crippen LogP contribution in [0, 0.1) is 10.1 Å². The minimum atomic E-state index is -1.73. The van der Waals surface area contributed by atoms with Crippen molar-refractivity contribution in [3.05, 3.63) is 43.7 Å². The number of ether oxygens (including phenoxy) is 2. The SMILES string of the molecule is COc1cc([N+](=O)[O-])c(OC)cc1-c1c(C(=O)O)c(N)[nH]c(=O)c1C(=O)O. The first-order valence-corrected chi connectivity index (χ1v) is 7.07. The molecule has 0 bridgehead atoms. The molecule has 5 N–H and O–H groups in total. The number of pyridine rings is 1. The highest BCUT2D eigenvalue weighted by atomic mass is 16.6. The molecule has 2 aromatic rings. The van der Waals surface area contributed by atoms with E-state index in [1.807, 2.05) is 4.98 Å². The average Bonchev–Trinajstić information content (AvgIpc) is 2.58. The summed E-state index contributed by atoms with van der Waals surface area (Å²) in [5.41, 5.74) is 1.47. The molecule has 0 saturated carbocycles. The van der Waals surface area contributed by atoms with E-state index in [2.05, 4.69) is 0 Å². The van der Waals surface area contributed by atoms with Crippen LogP contribution in [0.15, 0.2) is 16.9 Å². The molecule has 0 fully saturated rings. The van der Waals surface area contributed by atoms with Gasteiger partial charge in [0.25, 0.3) is 5.56 Å². The van der Waals surface area contributed by atoms with Crippen LogP contribution in [0.4, 0.5) is 11.5 Å². The molecule has 142 valence electrons. The van der Waals surface area contributed by atoms with E-state index in [1.54, 1.807) is 0 Å². The number of nitrogen functional groups attached to an aromatic ring is 1. The number of nitrogens with zero attached hydrogens (tertiary/aromatic N) is 1. The number of methoxy groups -OCH3 is 2. The molecule has 0 amide bonds.